The Hall–Kier alpha value is -1.13. The van der Waals surface area contributed by atoms with Crippen LogP contribution in [0.1, 0.15) is 38.3 Å². The molecule has 0 bridgehead atoms. The van der Waals surface area contributed by atoms with Crippen molar-refractivity contribution < 1.29 is 4.92 Å². The van der Waals surface area contributed by atoms with Crippen LogP contribution in [0.2, 0.25) is 5.02 Å². The maximum absolute atomic E-state index is 10.9. The number of nitro benzene ring substituents is 1. The number of benzene rings is 1. The summed E-state index contributed by atoms with van der Waals surface area (Å²) in [4.78, 5) is 10.5. The van der Waals surface area contributed by atoms with Gasteiger partial charge in [0, 0.05) is 22.7 Å². The molecule has 17 heavy (non-hydrogen) atoms. The average Bonchev–Trinajstić information content (AvgIpc) is 2.25. The standard InChI is InChI=1S/C12H17ClN2O2/c1-8(2)3-5-11(14)10-7-9(13)4-6-12(10)15(16)17/h4,6-8,11H,3,5,14H2,1-2H3/t11-/m1/s1. The lowest BCUT2D eigenvalue weighted by molar-refractivity contribution is -0.385. The molecule has 0 radical (unpaired) electrons. The molecule has 0 saturated carbocycles. The van der Waals surface area contributed by atoms with E-state index in [-0.39, 0.29) is 11.7 Å². The predicted molar refractivity (Wildman–Crippen MR) is 69.1 cm³/mol. The summed E-state index contributed by atoms with van der Waals surface area (Å²) in [6.45, 7) is 4.19. The van der Waals surface area contributed by atoms with Gasteiger partial charge in [-0.15, -0.1) is 0 Å². The van der Waals surface area contributed by atoms with Crippen molar-refractivity contribution in [2.45, 2.75) is 32.7 Å². The molecular formula is C12H17ClN2O2. The minimum atomic E-state index is -0.416. The van der Waals surface area contributed by atoms with Gasteiger partial charge >= 0.3 is 0 Å². The number of halogens is 1. The first-order valence-corrected chi connectivity index (χ1v) is 5.99. The smallest absolute Gasteiger partial charge is 0.274 e. The number of rotatable bonds is 5. The summed E-state index contributed by atoms with van der Waals surface area (Å²) in [5.74, 6) is 0.527. The summed E-state index contributed by atoms with van der Waals surface area (Å²) < 4.78 is 0. The van der Waals surface area contributed by atoms with E-state index in [2.05, 4.69) is 13.8 Å². The van der Waals surface area contributed by atoms with Crippen LogP contribution in [0.15, 0.2) is 18.2 Å². The molecular weight excluding hydrogens is 240 g/mol. The molecule has 1 rings (SSSR count). The summed E-state index contributed by atoms with van der Waals surface area (Å²) in [7, 11) is 0. The van der Waals surface area contributed by atoms with Gasteiger partial charge in [0.05, 0.1) is 4.92 Å². The van der Waals surface area contributed by atoms with Crippen LogP contribution in [0.3, 0.4) is 0 Å². The van der Waals surface area contributed by atoms with E-state index in [9.17, 15) is 10.1 Å². The van der Waals surface area contributed by atoms with Crippen LogP contribution in [0.4, 0.5) is 5.69 Å². The lowest BCUT2D eigenvalue weighted by atomic mass is 9.97. The molecule has 0 aromatic heterocycles. The summed E-state index contributed by atoms with van der Waals surface area (Å²) in [6, 6.07) is 4.17. The average molecular weight is 257 g/mol. The molecule has 1 atom stereocenters. The molecule has 0 aliphatic carbocycles. The second-order valence-corrected chi connectivity index (χ2v) is 4.97. The van der Waals surface area contributed by atoms with E-state index in [1.807, 2.05) is 0 Å². The van der Waals surface area contributed by atoms with E-state index < -0.39 is 4.92 Å². The highest BCUT2D eigenvalue weighted by atomic mass is 35.5. The Balaban J connectivity index is 2.94. The summed E-state index contributed by atoms with van der Waals surface area (Å²) in [6.07, 6.45) is 1.66. The zero-order chi connectivity index (χ0) is 13.0. The van der Waals surface area contributed by atoms with Gasteiger partial charge in [-0.2, -0.15) is 0 Å². The number of hydrogen-bond acceptors (Lipinski definition) is 3. The molecule has 5 heteroatoms. The molecule has 0 fully saturated rings. The van der Waals surface area contributed by atoms with Gasteiger partial charge in [-0.1, -0.05) is 25.4 Å². The van der Waals surface area contributed by atoms with Crippen LogP contribution in [-0.4, -0.2) is 4.92 Å². The largest absolute Gasteiger partial charge is 0.324 e. The molecule has 0 aliphatic rings. The molecule has 0 unspecified atom stereocenters. The first-order chi connectivity index (χ1) is 7.91. The summed E-state index contributed by atoms with van der Waals surface area (Å²) in [5, 5.41) is 11.4. The van der Waals surface area contributed by atoms with Crippen molar-refractivity contribution in [2.24, 2.45) is 11.7 Å². The second kappa shape index (κ2) is 5.98. The van der Waals surface area contributed by atoms with Gasteiger partial charge in [-0.05, 0) is 30.9 Å². The molecule has 0 saturated heterocycles. The molecule has 2 N–H and O–H groups in total. The Morgan fingerprint density at radius 2 is 2.06 bits per heavy atom. The minimum Gasteiger partial charge on any atom is -0.324 e. The van der Waals surface area contributed by atoms with Crippen molar-refractivity contribution in [2.75, 3.05) is 0 Å². The van der Waals surface area contributed by atoms with Crippen LogP contribution in [0, 0.1) is 16.0 Å². The Kier molecular flexibility index (Phi) is 4.90. The Bertz CT molecular complexity index is 407. The normalized spacial score (nSPS) is 12.8. The maximum atomic E-state index is 10.9. The third-order valence-corrected chi connectivity index (χ3v) is 2.88. The van der Waals surface area contributed by atoms with Gasteiger partial charge in [-0.3, -0.25) is 10.1 Å². The molecule has 0 aliphatic heterocycles. The Labute approximate surface area is 106 Å². The van der Waals surface area contributed by atoms with Gasteiger partial charge in [-0.25, -0.2) is 0 Å². The van der Waals surface area contributed by atoms with E-state index >= 15 is 0 Å². The second-order valence-electron chi connectivity index (χ2n) is 4.54. The molecule has 1 aromatic carbocycles. The van der Waals surface area contributed by atoms with Crippen LogP contribution in [0.5, 0.6) is 0 Å². The van der Waals surface area contributed by atoms with Crippen molar-refractivity contribution in [1.82, 2.24) is 0 Å². The first-order valence-electron chi connectivity index (χ1n) is 5.61. The van der Waals surface area contributed by atoms with Gasteiger partial charge in [0.25, 0.3) is 5.69 Å². The van der Waals surface area contributed by atoms with E-state index in [4.69, 9.17) is 17.3 Å². The molecule has 4 nitrogen and oxygen atoms in total. The fourth-order valence-corrected chi connectivity index (χ4v) is 1.84. The topological polar surface area (TPSA) is 69.2 Å². The lowest BCUT2D eigenvalue weighted by Crippen LogP contribution is -2.13. The maximum Gasteiger partial charge on any atom is 0.274 e. The van der Waals surface area contributed by atoms with Gasteiger partial charge in [0.2, 0.25) is 0 Å². The minimum absolute atomic E-state index is 0.0469. The predicted octanol–water partition coefficient (Wildman–Crippen LogP) is 3.68. The molecule has 94 valence electrons. The van der Waals surface area contributed by atoms with E-state index in [0.29, 0.717) is 16.5 Å². The van der Waals surface area contributed by atoms with Crippen molar-refractivity contribution in [3.05, 3.63) is 38.9 Å². The third kappa shape index (κ3) is 3.98. The SMILES string of the molecule is CC(C)CC[C@@H](N)c1cc(Cl)ccc1[N+](=O)[O-]. The van der Waals surface area contributed by atoms with Crippen LogP contribution in [-0.2, 0) is 0 Å². The molecule has 0 amide bonds. The van der Waals surface area contributed by atoms with E-state index in [1.165, 1.54) is 12.1 Å². The summed E-state index contributed by atoms with van der Waals surface area (Å²) >= 11 is 5.85. The number of hydrogen-bond donors (Lipinski definition) is 1. The zero-order valence-corrected chi connectivity index (χ0v) is 10.8. The van der Waals surface area contributed by atoms with Crippen LogP contribution < -0.4 is 5.73 Å². The zero-order valence-electron chi connectivity index (χ0n) is 10.0. The number of nitrogens with zero attached hydrogens (tertiary/aromatic N) is 1. The number of nitrogens with two attached hydrogens (primary N) is 1. The highest BCUT2D eigenvalue weighted by molar-refractivity contribution is 6.30. The fourth-order valence-electron chi connectivity index (χ4n) is 1.66. The van der Waals surface area contributed by atoms with E-state index in [0.717, 1.165) is 12.8 Å². The summed E-state index contributed by atoms with van der Waals surface area (Å²) in [5.41, 5.74) is 6.55. The van der Waals surface area contributed by atoms with Crippen LogP contribution in [0.25, 0.3) is 0 Å². The lowest BCUT2D eigenvalue weighted by Gasteiger charge is -2.13. The monoisotopic (exact) mass is 256 g/mol. The molecule has 0 heterocycles. The highest BCUT2D eigenvalue weighted by Gasteiger charge is 2.19. The third-order valence-electron chi connectivity index (χ3n) is 2.64. The quantitative estimate of drug-likeness (QED) is 0.645. The van der Waals surface area contributed by atoms with Crippen molar-refractivity contribution in [3.8, 4) is 0 Å². The van der Waals surface area contributed by atoms with Crippen molar-refractivity contribution in [1.29, 1.82) is 0 Å². The van der Waals surface area contributed by atoms with E-state index in [1.54, 1.807) is 6.07 Å². The Morgan fingerprint density at radius 1 is 1.41 bits per heavy atom. The van der Waals surface area contributed by atoms with Crippen LogP contribution >= 0.6 is 11.6 Å². The Morgan fingerprint density at radius 3 is 2.59 bits per heavy atom. The molecule has 1 aromatic rings. The van der Waals surface area contributed by atoms with Crippen molar-refractivity contribution in [3.63, 3.8) is 0 Å². The molecule has 0 spiro atoms. The van der Waals surface area contributed by atoms with Crippen molar-refractivity contribution >= 4 is 17.3 Å². The highest BCUT2D eigenvalue weighted by Crippen LogP contribution is 2.29. The first kappa shape index (κ1) is 13.9. The number of nitro groups is 1. The fraction of sp³-hybridized carbons (Fsp3) is 0.500. The van der Waals surface area contributed by atoms with Gasteiger partial charge < -0.3 is 5.73 Å². The van der Waals surface area contributed by atoms with Gasteiger partial charge in [0.15, 0.2) is 0 Å². The van der Waals surface area contributed by atoms with Gasteiger partial charge in [0.1, 0.15) is 0 Å².